The molecule has 152 valence electrons. The number of hydrogen-bond acceptors (Lipinski definition) is 4. The van der Waals surface area contributed by atoms with Gasteiger partial charge in [-0.15, -0.1) is 0 Å². The van der Waals surface area contributed by atoms with Crippen molar-refractivity contribution >= 4 is 0 Å². The van der Waals surface area contributed by atoms with E-state index in [-0.39, 0.29) is 18.1 Å². The third kappa shape index (κ3) is 5.68. The highest BCUT2D eigenvalue weighted by Gasteiger charge is 2.14. The second-order valence-electron chi connectivity index (χ2n) is 6.11. The number of halogens is 4. The van der Waals surface area contributed by atoms with Crippen LogP contribution in [0.25, 0.3) is 11.1 Å². The maximum absolute atomic E-state index is 12.8. The van der Waals surface area contributed by atoms with Gasteiger partial charge in [0.2, 0.25) is 0 Å². The zero-order chi connectivity index (χ0) is 20.8. The maximum atomic E-state index is 12.8. The number of ether oxygens (including phenoxy) is 2. The number of nitrogens with zero attached hydrogens (tertiary/aromatic N) is 1. The number of aliphatic hydroxyl groups is 1. The van der Waals surface area contributed by atoms with Crippen molar-refractivity contribution in [1.82, 2.24) is 4.98 Å². The summed E-state index contributed by atoms with van der Waals surface area (Å²) in [6.07, 6.45) is 2.07. The number of benzene rings is 2. The Morgan fingerprint density at radius 2 is 1.62 bits per heavy atom. The van der Waals surface area contributed by atoms with Gasteiger partial charge in [-0.25, -0.2) is 0 Å². The minimum atomic E-state index is -3.03. The standard InChI is InChI=1S/C21H17F4NO3/c22-20(23)28-17-3-1-2-15(10-17)18-9-13(5-7-19(18)29-21(24)25)8-14-4-6-16(12-27)26-11-14/h1-7,9-11,20-21,27H,8,12H2. The Hall–Kier alpha value is -3.13. The van der Waals surface area contributed by atoms with Crippen molar-refractivity contribution in [2.24, 2.45) is 0 Å². The van der Waals surface area contributed by atoms with Gasteiger partial charge in [0.25, 0.3) is 0 Å². The summed E-state index contributed by atoms with van der Waals surface area (Å²) in [4.78, 5) is 4.11. The molecular formula is C21H17F4NO3. The summed E-state index contributed by atoms with van der Waals surface area (Å²) in [5.41, 5.74) is 2.88. The fourth-order valence-corrected chi connectivity index (χ4v) is 2.84. The van der Waals surface area contributed by atoms with E-state index in [1.807, 2.05) is 0 Å². The highest BCUT2D eigenvalue weighted by Crippen LogP contribution is 2.34. The summed E-state index contributed by atoms with van der Waals surface area (Å²) in [6.45, 7) is -6.20. The molecule has 0 aliphatic heterocycles. The minimum absolute atomic E-state index is 0.0771. The van der Waals surface area contributed by atoms with Gasteiger partial charge in [-0.3, -0.25) is 4.98 Å². The lowest BCUT2D eigenvalue weighted by atomic mass is 9.98. The van der Waals surface area contributed by atoms with Gasteiger partial charge in [0, 0.05) is 11.8 Å². The van der Waals surface area contributed by atoms with Gasteiger partial charge < -0.3 is 14.6 Å². The second-order valence-corrected chi connectivity index (χ2v) is 6.11. The summed E-state index contributed by atoms with van der Waals surface area (Å²) in [5.74, 6) is -0.165. The zero-order valence-electron chi connectivity index (χ0n) is 15.1. The smallest absolute Gasteiger partial charge is 0.387 e. The van der Waals surface area contributed by atoms with E-state index in [4.69, 9.17) is 5.11 Å². The van der Waals surface area contributed by atoms with Crippen LogP contribution < -0.4 is 9.47 Å². The van der Waals surface area contributed by atoms with Crippen LogP contribution in [0.3, 0.4) is 0 Å². The predicted molar refractivity (Wildman–Crippen MR) is 98.1 cm³/mol. The molecule has 3 aromatic rings. The molecule has 0 bridgehead atoms. The molecule has 0 unspecified atom stereocenters. The Balaban J connectivity index is 1.95. The molecule has 0 amide bonds. The molecule has 1 aromatic heterocycles. The number of pyridine rings is 1. The molecule has 2 aromatic carbocycles. The van der Waals surface area contributed by atoms with E-state index in [0.29, 0.717) is 23.2 Å². The molecule has 0 fully saturated rings. The van der Waals surface area contributed by atoms with E-state index in [1.54, 1.807) is 36.5 Å². The SMILES string of the molecule is OCc1ccc(Cc2ccc(OC(F)F)c(-c3cccc(OC(F)F)c3)c2)cn1. The average molecular weight is 407 g/mol. The fraction of sp³-hybridized carbons (Fsp3) is 0.190. The summed E-state index contributed by atoms with van der Waals surface area (Å²) < 4.78 is 59.6. The van der Waals surface area contributed by atoms with Crippen LogP contribution in [0.5, 0.6) is 11.5 Å². The van der Waals surface area contributed by atoms with Crippen LogP contribution >= 0.6 is 0 Å². The van der Waals surface area contributed by atoms with Gasteiger partial charge in [0.05, 0.1) is 12.3 Å². The maximum Gasteiger partial charge on any atom is 0.387 e. The Labute approximate surface area is 164 Å². The summed E-state index contributed by atoms with van der Waals surface area (Å²) in [5, 5.41) is 9.07. The second kappa shape index (κ2) is 9.38. The van der Waals surface area contributed by atoms with Crippen LogP contribution in [0.1, 0.15) is 16.8 Å². The van der Waals surface area contributed by atoms with Crippen LogP contribution in [-0.4, -0.2) is 23.3 Å². The monoisotopic (exact) mass is 407 g/mol. The van der Waals surface area contributed by atoms with Crippen LogP contribution in [0.2, 0.25) is 0 Å². The van der Waals surface area contributed by atoms with Gasteiger partial charge in [-0.1, -0.05) is 24.3 Å². The van der Waals surface area contributed by atoms with Gasteiger partial charge in [0.1, 0.15) is 11.5 Å². The van der Waals surface area contributed by atoms with Gasteiger partial charge in [-0.2, -0.15) is 17.6 Å². The Kier molecular flexibility index (Phi) is 6.66. The van der Waals surface area contributed by atoms with Crippen molar-refractivity contribution in [3.05, 3.63) is 77.6 Å². The van der Waals surface area contributed by atoms with E-state index in [9.17, 15) is 17.6 Å². The first-order valence-electron chi connectivity index (χ1n) is 8.62. The topological polar surface area (TPSA) is 51.6 Å². The first-order valence-corrected chi connectivity index (χ1v) is 8.62. The van der Waals surface area contributed by atoms with Crippen molar-refractivity contribution < 1.29 is 32.1 Å². The molecule has 0 atom stereocenters. The van der Waals surface area contributed by atoms with Crippen molar-refractivity contribution in [2.45, 2.75) is 26.3 Å². The zero-order valence-corrected chi connectivity index (χ0v) is 15.1. The lowest BCUT2D eigenvalue weighted by molar-refractivity contribution is -0.0500. The molecule has 0 aliphatic carbocycles. The van der Waals surface area contributed by atoms with E-state index in [0.717, 1.165) is 11.1 Å². The average Bonchev–Trinajstić information content (AvgIpc) is 2.69. The first-order chi connectivity index (χ1) is 13.9. The molecule has 8 heteroatoms. The van der Waals surface area contributed by atoms with Gasteiger partial charge >= 0.3 is 13.2 Å². The van der Waals surface area contributed by atoms with E-state index >= 15 is 0 Å². The molecule has 0 spiro atoms. The van der Waals surface area contributed by atoms with Crippen LogP contribution in [0.4, 0.5) is 17.6 Å². The first kappa shape index (κ1) is 20.6. The summed E-state index contributed by atoms with van der Waals surface area (Å²) in [6, 6.07) is 14.0. The molecule has 29 heavy (non-hydrogen) atoms. The van der Waals surface area contributed by atoms with Crippen molar-refractivity contribution in [2.75, 3.05) is 0 Å². The lowest BCUT2D eigenvalue weighted by Gasteiger charge is -2.14. The highest BCUT2D eigenvalue weighted by atomic mass is 19.3. The van der Waals surface area contributed by atoms with Crippen molar-refractivity contribution in [3.63, 3.8) is 0 Å². The van der Waals surface area contributed by atoms with Crippen molar-refractivity contribution in [3.8, 4) is 22.6 Å². The Bertz CT molecular complexity index is 949. The number of alkyl halides is 4. The molecule has 4 nitrogen and oxygen atoms in total. The van der Waals surface area contributed by atoms with E-state index in [1.165, 1.54) is 24.3 Å². The van der Waals surface area contributed by atoms with Gasteiger partial charge in [0.15, 0.2) is 0 Å². The molecule has 0 radical (unpaired) electrons. The molecular weight excluding hydrogens is 390 g/mol. The molecule has 3 rings (SSSR count). The molecule has 0 saturated heterocycles. The number of rotatable bonds is 8. The normalized spacial score (nSPS) is 11.1. The van der Waals surface area contributed by atoms with E-state index < -0.39 is 13.2 Å². The fourth-order valence-electron chi connectivity index (χ4n) is 2.84. The summed E-state index contributed by atoms with van der Waals surface area (Å²) in [7, 11) is 0. The molecule has 1 N–H and O–H groups in total. The Morgan fingerprint density at radius 1 is 0.862 bits per heavy atom. The van der Waals surface area contributed by atoms with Gasteiger partial charge in [-0.05, 0) is 53.4 Å². The largest absolute Gasteiger partial charge is 0.435 e. The quantitative estimate of drug-likeness (QED) is 0.532. The molecule has 0 aliphatic rings. The number of hydrogen-bond donors (Lipinski definition) is 1. The third-order valence-corrected chi connectivity index (χ3v) is 4.09. The van der Waals surface area contributed by atoms with Crippen LogP contribution in [-0.2, 0) is 13.0 Å². The van der Waals surface area contributed by atoms with Crippen LogP contribution in [0.15, 0.2) is 60.8 Å². The molecule has 1 heterocycles. The molecule has 0 saturated carbocycles. The Morgan fingerprint density at radius 3 is 2.28 bits per heavy atom. The third-order valence-electron chi connectivity index (χ3n) is 4.09. The summed E-state index contributed by atoms with van der Waals surface area (Å²) >= 11 is 0. The number of aromatic nitrogens is 1. The van der Waals surface area contributed by atoms with E-state index in [2.05, 4.69) is 14.5 Å². The number of aliphatic hydroxyl groups excluding tert-OH is 1. The minimum Gasteiger partial charge on any atom is -0.435 e. The highest BCUT2D eigenvalue weighted by molar-refractivity contribution is 5.72. The van der Waals surface area contributed by atoms with Crippen molar-refractivity contribution in [1.29, 1.82) is 0 Å². The van der Waals surface area contributed by atoms with Crippen LogP contribution in [0, 0.1) is 0 Å². The predicted octanol–water partition coefficient (Wildman–Crippen LogP) is 5.03. The lowest BCUT2D eigenvalue weighted by Crippen LogP contribution is -2.04.